The molecule has 0 aliphatic carbocycles. The van der Waals surface area contributed by atoms with E-state index in [0.29, 0.717) is 24.4 Å². The van der Waals surface area contributed by atoms with E-state index in [1.54, 1.807) is 6.07 Å². The van der Waals surface area contributed by atoms with Crippen LogP contribution in [0.3, 0.4) is 0 Å². The minimum atomic E-state index is -4.82. The SMILES string of the molecule is O=P(O)(O)CP(=O)(O)OC[C@H]1O[C@@H](c2cnc3c(N4Cc5ccccc5C4)cc(Cl)nn23)[C@H](O)[C@@H]1O. The molecule has 0 bridgehead atoms. The summed E-state index contributed by atoms with van der Waals surface area (Å²) in [6.45, 7) is 0.598. The number of anilines is 1. The molecule has 5 rings (SSSR count). The topological polar surface area (TPSA) is 187 Å². The van der Waals surface area contributed by atoms with Crippen molar-refractivity contribution in [2.24, 2.45) is 0 Å². The van der Waals surface area contributed by atoms with E-state index in [1.807, 2.05) is 24.3 Å². The molecular formula is C20H23ClN4O9P2. The van der Waals surface area contributed by atoms with E-state index >= 15 is 0 Å². The van der Waals surface area contributed by atoms with Gasteiger partial charge in [0, 0.05) is 19.2 Å². The van der Waals surface area contributed by atoms with Gasteiger partial charge in [-0.3, -0.25) is 9.13 Å². The molecule has 2 aliphatic heterocycles. The molecule has 36 heavy (non-hydrogen) atoms. The molecule has 0 radical (unpaired) electrons. The largest absolute Gasteiger partial charge is 0.387 e. The van der Waals surface area contributed by atoms with Crippen molar-refractivity contribution in [3.05, 3.63) is 58.5 Å². The normalized spacial score (nSPS) is 25.9. The Morgan fingerprint density at radius 2 is 1.78 bits per heavy atom. The smallest absolute Gasteiger partial charge is 0.340 e. The second-order valence-corrected chi connectivity index (χ2v) is 13.1. The number of ether oxygens (including phenoxy) is 1. The highest BCUT2D eigenvalue weighted by atomic mass is 35.5. The van der Waals surface area contributed by atoms with E-state index in [0.717, 1.165) is 0 Å². The quantitative estimate of drug-likeness (QED) is 0.262. The molecule has 0 amide bonds. The van der Waals surface area contributed by atoms with Crippen LogP contribution in [0.2, 0.25) is 5.15 Å². The van der Waals surface area contributed by atoms with Gasteiger partial charge in [-0.15, -0.1) is 0 Å². The van der Waals surface area contributed by atoms with Crippen molar-refractivity contribution in [2.75, 3.05) is 17.4 Å². The van der Waals surface area contributed by atoms with Crippen LogP contribution in [0.4, 0.5) is 5.69 Å². The van der Waals surface area contributed by atoms with Gasteiger partial charge in [0.2, 0.25) is 0 Å². The van der Waals surface area contributed by atoms with Crippen LogP contribution in [0.25, 0.3) is 5.65 Å². The van der Waals surface area contributed by atoms with E-state index in [1.165, 1.54) is 21.8 Å². The Morgan fingerprint density at radius 3 is 2.42 bits per heavy atom. The average Bonchev–Trinajstić information content (AvgIpc) is 3.47. The lowest BCUT2D eigenvalue weighted by Crippen LogP contribution is -2.33. The number of nitrogens with zero attached hydrogens (tertiary/aromatic N) is 4. The number of fused-ring (bicyclic) bond motifs is 2. The molecule has 4 heterocycles. The van der Waals surface area contributed by atoms with Gasteiger partial charge in [-0.25, -0.2) is 9.50 Å². The molecule has 0 spiro atoms. The summed E-state index contributed by atoms with van der Waals surface area (Å²) in [5, 5.41) is 25.5. The van der Waals surface area contributed by atoms with E-state index in [9.17, 15) is 24.2 Å². The average molecular weight is 561 g/mol. The number of imidazole rings is 1. The van der Waals surface area contributed by atoms with Crippen molar-refractivity contribution in [2.45, 2.75) is 37.5 Å². The van der Waals surface area contributed by atoms with Gasteiger partial charge < -0.3 is 39.1 Å². The summed E-state index contributed by atoms with van der Waals surface area (Å²) in [7, 11) is -9.49. The molecule has 2 aliphatic rings. The summed E-state index contributed by atoms with van der Waals surface area (Å²) in [4.78, 5) is 34.1. The van der Waals surface area contributed by atoms with E-state index < -0.39 is 52.1 Å². The lowest BCUT2D eigenvalue weighted by atomic mass is 10.1. The fourth-order valence-corrected chi connectivity index (χ4v) is 7.21. The number of aliphatic hydroxyl groups is 2. The highest BCUT2D eigenvalue weighted by Gasteiger charge is 2.46. The predicted molar refractivity (Wildman–Crippen MR) is 127 cm³/mol. The molecule has 5 atom stereocenters. The van der Waals surface area contributed by atoms with Crippen molar-refractivity contribution >= 4 is 38.1 Å². The van der Waals surface area contributed by atoms with Crippen LogP contribution in [0.15, 0.2) is 36.5 Å². The first-order valence-electron chi connectivity index (χ1n) is 10.8. The van der Waals surface area contributed by atoms with E-state index in [2.05, 4.69) is 15.0 Å². The zero-order valence-corrected chi connectivity index (χ0v) is 21.1. The maximum absolute atomic E-state index is 11.9. The zero-order valence-electron chi connectivity index (χ0n) is 18.5. The van der Waals surface area contributed by atoms with E-state index in [-0.39, 0.29) is 10.8 Å². The predicted octanol–water partition coefficient (Wildman–Crippen LogP) is 1.40. The minimum Gasteiger partial charge on any atom is -0.387 e. The van der Waals surface area contributed by atoms with Crippen LogP contribution in [0.1, 0.15) is 22.9 Å². The highest BCUT2D eigenvalue weighted by molar-refractivity contribution is 7.70. The number of halogens is 1. The maximum Gasteiger partial charge on any atom is 0.340 e. The second kappa shape index (κ2) is 9.45. The summed E-state index contributed by atoms with van der Waals surface area (Å²) >= 11 is 6.31. The molecule has 1 unspecified atom stereocenters. The number of aliphatic hydroxyl groups excluding tert-OH is 2. The molecule has 1 fully saturated rings. The van der Waals surface area contributed by atoms with Gasteiger partial charge in [-0.2, -0.15) is 5.10 Å². The molecule has 1 aromatic carbocycles. The second-order valence-electron chi connectivity index (χ2n) is 8.71. The molecule has 13 nitrogen and oxygen atoms in total. The Hall–Kier alpha value is -1.89. The lowest BCUT2D eigenvalue weighted by Gasteiger charge is -2.19. The van der Waals surface area contributed by atoms with Gasteiger partial charge >= 0.3 is 15.2 Å². The number of hydrogen-bond donors (Lipinski definition) is 5. The standard InChI is InChI=1S/C20H23ClN4O9P2/c21-16-5-13(24-7-11-3-1-2-4-12(11)8-24)20-22-6-14(25(20)23-16)19-18(27)17(26)15(34-19)9-33-36(31,32)10-35(28,29)30/h1-6,15,17-19,26-27H,7-10H2,(H,31,32)(H2,28,29,30)/t15-,17-,18-,19+/m1/s1. The maximum atomic E-state index is 11.9. The third kappa shape index (κ3) is 5.09. The van der Waals surface area contributed by atoms with Crippen LogP contribution in [-0.4, -0.2) is 70.3 Å². The first kappa shape index (κ1) is 25.7. The fraction of sp³-hybridized carbons (Fsp3) is 0.400. The summed E-state index contributed by atoms with van der Waals surface area (Å²) in [5.74, 6) is -1.38. The Bertz CT molecular complexity index is 1370. The number of hydrogen-bond acceptors (Lipinski definition) is 9. The molecule has 5 N–H and O–H groups in total. The van der Waals surface area contributed by atoms with Gasteiger partial charge in [-0.05, 0) is 11.1 Å². The van der Waals surface area contributed by atoms with Gasteiger partial charge in [0.05, 0.1) is 24.2 Å². The molecule has 0 saturated carbocycles. The third-order valence-corrected chi connectivity index (χ3v) is 9.72. The molecule has 3 aromatic rings. The molecule has 194 valence electrons. The van der Waals surface area contributed by atoms with Gasteiger partial charge in [-0.1, -0.05) is 35.9 Å². The zero-order chi connectivity index (χ0) is 25.8. The fourth-order valence-electron chi connectivity index (χ4n) is 4.47. The lowest BCUT2D eigenvalue weighted by molar-refractivity contribution is -0.0204. The number of rotatable bonds is 7. The number of benzene rings is 1. The van der Waals surface area contributed by atoms with Crippen molar-refractivity contribution in [3.63, 3.8) is 0 Å². The van der Waals surface area contributed by atoms with Crippen LogP contribution in [0, 0.1) is 0 Å². The van der Waals surface area contributed by atoms with Crippen molar-refractivity contribution in [1.82, 2.24) is 14.6 Å². The van der Waals surface area contributed by atoms with Crippen LogP contribution in [-0.2, 0) is 31.5 Å². The van der Waals surface area contributed by atoms with Gasteiger partial charge in [0.1, 0.15) is 24.4 Å². The summed E-state index contributed by atoms with van der Waals surface area (Å²) < 4.78 is 34.9. The van der Waals surface area contributed by atoms with Crippen molar-refractivity contribution in [1.29, 1.82) is 0 Å². The Kier molecular flexibility index (Phi) is 6.76. The van der Waals surface area contributed by atoms with E-state index in [4.69, 9.17) is 30.6 Å². The molecule has 16 heteroatoms. The number of aromatic nitrogens is 3. The summed E-state index contributed by atoms with van der Waals surface area (Å²) in [5.41, 5.74) is 3.80. The molecular weight excluding hydrogens is 538 g/mol. The third-order valence-electron chi connectivity index (χ3n) is 6.08. The first-order valence-corrected chi connectivity index (χ1v) is 14.7. The molecule has 2 aromatic heterocycles. The van der Waals surface area contributed by atoms with Crippen molar-refractivity contribution < 1.29 is 43.3 Å². The van der Waals surface area contributed by atoms with Gasteiger partial charge in [0.15, 0.2) is 16.7 Å². The first-order chi connectivity index (χ1) is 16.9. The molecule has 1 saturated heterocycles. The van der Waals surface area contributed by atoms with Crippen LogP contribution >= 0.6 is 26.8 Å². The highest BCUT2D eigenvalue weighted by Crippen LogP contribution is 2.55. The minimum absolute atomic E-state index is 0.166. The summed E-state index contributed by atoms with van der Waals surface area (Å²) in [6.07, 6.45) is -3.97. The van der Waals surface area contributed by atoms with Crippen molar-refractivity contribution in [3.8, 4) is 0 Å². The summed E-state index contributed by atoms with van der Waals surface area (Å²) in [6, 6.07) is 9.72. The van der Waals surface area contributed by atoms with Gasteiger partial charge in [0.25, 0.3) is 0 Å². The Labute approximate surface area is 209 Å². The Morgan fingerprint density at radius 1 is 1.11 bits per heavy atom. The Balaban J connectivity index is 1.38. The van der Waals surface area contributed by atoms with Crippen LogP contribution < -0.4 is 4.90 Å². The monoisotopic (exact) mass is 560 g/mol. The van der Waals surface area contributed by atoms with Crippen LogP contribution in [0.5, 0.6) is 0 Å².